The first-order chi connectivity index (χ1) is 26.2. The topological polar surface area (TPSA) is 161 Å². The number of hydrogen-bond acceptors (Lipinski definition) is 10. The number of carbonyl (C=O) groups is 2. The van der Waals surface area contributed by atoms with E-state index in [1.165, 1.54) is 77.0 Å². The van der Waals surface area contributed by atoms with Crippen molar-refractivity contribution >= 4 is 19.8 Å². The Hall–Kier alpha value is -1.85. The molecule has 0 spiro atoms. The molecule has 0 aromatic carbocycles. The van der Waals surface area contributed by atoms with Gasteiger partial charge in [0.25, 0.3) is 0 Å². The van der Waals surface area contributed by atoms with Gasteiger partial charge in [0, 0.05) is 12.8 Å². The van der Waals surface area contributed by atoms with Crippen LogP contribution in [-0.4, -0.2) is 77.9 Å². The van der Waals surface area contributed by atoms with E-state index >= 15 is 0 Å². The van der Waals surface area contributed by atoms with E-state index < -0.39 is 51.8 Å². The van der Waals surface area contributed by atoms with Crippen molar-refractivity contribution in [3.63, 3.8) is 0 Å². The minimum atomic E-state index is -4.63. The van der Waals surface area contributed by atoms with E-state index in [2.05, 4.69) is 48.8 Å². The number of aliphatic hydroxyl groups excluding tert-OH is 2. The van der Waals surface area contributed by atoms with E-state index in [0.717, 1.165) is 44.9 Å². The number of allylic oxidation sites excluding steroid dienone is 4. The second-order valence-electron chi connectivity index (χ2n) is 14.4. The van der Waals surface area contributed by atoms with Crippen molar-refractivity contribution < 1.29 is 52.5 Å². The molecular weight excluding hydrogens is 711 g/mol. The molecule has 12 heteroatoms. The monoisotopic (exact) mass is 787 g/mol. The van der Waals surface area contributed by atoms with Crippen LogP contribution >= 0.6 is 7.82 Å². The van der Waals surface area contributed by atoms with E-state index in [1.807, 2.05) is 6.08 Å². The lowest BCUT2D eigenvalue weighted by Gasteiger charge is -2.20. The highest BCUT2D eigenvalue weighted by Crippen LogP contribution is 2.43. The molecule has 0 aliphatic carbocycles. The fourth-order valence-corrected chi connectivity index (χ4v) is 6.58. The van der Waals surface area contributed by atoms with Crippen LogP contribution < -0.4 is 0 Å². The highest BCUT2D eigenvalue weighted by molar-refractivity contribution is 7.47. The molecule has 0 amide bonds. The molecule has 0 aromatic heterocycles. The maximum absolute atomic E-state index is 12.6. The molecule has 1 saturated heterocycles. The molecule has 1 heterocycles. The summed E-state index contributed by atoms with van der Waals surface area (Å²) < 4.78 is 38.4. The van der Waals surface area contributed by atoms with Gasteiger partial charge in [-0.2, -0.15) is 0 Å². The van der Waals surface area contributed by atoms with Gasteiger partial charge in [-0.25, -0.2) is 4.57 Å². The van der Waals surface area contributed by atoms with Crippen LogP contribution in [0, 0.1) is 0 Å². The average Bonchev–Trinajstić information content (AvgIpc) is 3.92. The molecule has 3 unspecified atom stereocenters. The predicted molar refractivity (Wildman–Crippen MR) is 214 cm³/mol. The SMILES string of the molecule is CCCCC/C=C\C/C=C\CC1OC1C/C=C\CCCC(=O)OC[C@H](COP(=O)(O)OC[C@@H](O)CO)OC(=O)CCCCCCCCCCCCCCC. The van der Waals surface area contributed by atoms with Crippen LogP contribution in [0.15, 0.2) is 36.5 Å². The number of aliphatic hydroxyl groups is 2. The molecule has 5 atom stereocenters. The molecule has 314 valence electrons. The summed E-state index contributed by atoms with van der Waals surface area (Å²) in [7, 11) is -4.63. The first kappa shape index (κ1) is 50.2. The van der Waals surface area contributed by atoms with Crippen molar-refractivity contribution in [3.8, 4) is 0 Å². The number of esters is 2. The van der Waals surface area contributed by atoms with Gasteiger partial charge in [0.15, 0.2) is 6.10 Å². The van der Waals surface area contributed by atoms with Gasteiger partial charge < -0.3 is 29.3 Å². The minimum absolute atomic E-state index is 0.159. The number of unbranched alkanes of at least 4 members (excludes halogenated alkanes) is 16. The van der Waals surface area contributed by atoms with Crippen molar-refractivity contribution in [2.45, 2.75) is 192 Å². The maximum Gasteiger partial charge on any atom is 0.472 e. The van der Waals surface area contributed by atoms with Gasteiger partial charge in [0.05, 0.1) is 32.0 Å². The second-order valence-corrected chi connectivity index (χ2v) is 15.9. The number of carbonyl (C=O) groups excluding carboxylic acids is 2. The molecule has 1 aliphatic heterocycles. The number of ether oxygens (including phenoxy) is 3. The number of epoxide rings is 1. The summed E-state index contributed by atoms with van der Waals surface area (Å²) in [6, 6.07) is 0. The van der Waals surface area contributed by atoms with Crippen molar-refractivity contribution in [2.24, 2.45) is 0 Å². The van der Waals surface area contributed by atoms with E-state index in [4.69, 9.17) is 23.8 Å². The fourth-order valence-electron chi connectivity index (χ4n) is 5.79. The van der Waals surface area contributed by atoms with Crippen LogP contribution in [0.25, 0.3) is 0 Å². The van der Waals surface area contributed by atoms with Crippen molar-refractivity contribution in [3.05, 3.63) is 36.5 Å². The van der Waals surface area contributed by atoms with E-state index in [9.17, 15) is 24.2 Å². The summed E-state index contributed by atoms with van der Waals surface area (Å²) in [5.41, 5.74) is 0. The molecule has 0 radical (unpaired) electrons. The predicted octanol–water partition coefficient (Wildman–Crippen LogP) is 9.77. The third kappa shape index (κ3) is 31.4. The summed E-state index contributed by atoms with van der Waals surface area (Å²) >= 11 is 0. The Bertz CT molecular complexity index is 1060. The zero-order valence-corrected chi connectivity index (χ0v) is 34.5. The summed E-state index contributed by atoms with van der Waals surface area (Å²) in [6.07, 6.45) is 35.7. The third-order valence-corrected chi connectivity index (χ3v) is 10.2. The number of phosphoric acid groups is 1. The Morgan fingerprint density at radius 1 is 0.648 bits per heavy atom. The highest BCUT2D eigenvalue weighted by Gasteiger charge is 2.36. The van der Waals surface area contributed by atoms with Gasteiger partial charge in [-0.15, -0.1) is 0 Å². The van der Waals surface area contributed by atoms with Crippen LogP contribution in [0.4, 0.5) is 0 Å². The maximum atomic E-state index is 12.6. The molecule has 1 aliphatic rings. The van der Waals surface area contributed by atoms with Gasteiger partial charge in [-0.05, 0) is 51.4 Å². The summed E-state index contributed by atoms with van der Waals surface area (Å²) in [5.74, 6) is -0.996. The smallest absolute Gasteiger partial charge is 0.462 e. The van der Waals surface area contributed by atoms with Gasteiger partial charge in [-0.1, -0.05) is 140 Å². The van der Waals surface area contributed by atoms with Crippen molar-refractivity contribution in [1.29, 1.82) is 0 Å². The van der Waals surface area contributed by atoms with Crippen LogP contribution in [-0.2, 0) is 37.4 Å². The Kier molecular flexibility index (Phi) is 32.0. The Morgan fingerprint density at radius 3 is 1.78 bits per heavy atom. The number of hydrogen-bond donors (Lipinski definition) is 3. The van der Waals surface area contributed by atoms with Gasteiger partial charge in [-0.3, -0.25) is 18.6 Å². The Morgan fingerprint density at radius 2 is 1.15 bits per heavy atom. The first-order valence-electron chi connectivity index (χ1n) is 21.1. The molecule has 0 aromatic rings. The van der Waals surface area contributed by atoms with Crippen LogP contribution in [0.1, 0.15) is 168 Å². The summed E-state index contributed by atoms with van der Waals surface area (Å²) in [5, 5.41) is 18.3. The van der Waals surface area contributed by atoms with Crippen molar-refractivity contribution in [2.75, 3.05) is 26.4 Å². The number of rotatable bonds is 38. The lowest BCUT2D eigenvalue weighted by atomic mass is 10.0. The third-order valence-electron chi connectivity index (χ3n) is 9.20. The second kappa shape index (κ2) is 34.4. The number of phosphoric ester groups is 1. The molecule has 11 nitrogen and oxygen atoms in total. The van der Waals surface area contributed by atoms with E-state index in [1.54, 1.807) is 0 Å². The van der Waals surface area contributed by atoms with Crippen molar-refractivity contribution in [1.82, 2.24) is 0 Å². The lowest BCUT2D eigenvalue weighted by molar-refractivity contribution is -0.161. The summed E-state index contributed by atoms with van der Waals surface area (Å²) in [6.45, 7) is 2.27. The molecule has 1 fully saturated rings. The summed E-state index contributed by atoms with van der Waals surface area (Å²) in [4.78, 5) is 35.0. The molecule has 0 bridgehead atoms. The average molecular weight is 787 g/mol. The van der Waals surface area contributed by atoms with Crippen LogP contribution in [0.3, 0.4) is 0 Å². The zero-order chi connectivity index (χ0) is 39.5. The zero-order valence-electron chi connectivity index (χ0n) is 33.6. The first-order valence-corrected chi connectivity index (χ1v) is 22.6. The molecule has 0 saturated carbocycles. The standard InChI is InChI=1S/C42H75O11P/c1-3-5-7-9-11-13-14-15-16-18-20-22-28-32-42(46)52-38(36-51-54(47,48)50-34-37(44)33-43)35-49-41(45)31-27-24-23-26-30-40-39(53-40)29-25-21-19-17-12-10-8-6-4-2/h12,17,21,23,25-26,37-40,43-44H,3-11,13-16,18-20,22,24,27-36H2,1-2H3,(H,47,48)/b17-12-,25-21-,26-23-/t37-,38+,39?,40?/m0/s1. The lowest BCUT2D eigenvalue weighted by Crippen LogP contribution is -2.29. The normalized spacial score (nSPS) is 18.0. The largest absolute Gasteiger partial charge is 0.472 e. The fraction of sp³-hybridized carbons (Fsp3) is 0.810. The molecule has 1 rings (SSSR count). The van der Waals surface area contributed by atoms with Crippen LogP contribution in [0.2, 0.25) is 0 Å². The van der Waals surface area contributed by atoms with E-state index in [-0.39, 0.29) is 31.7 Å². The van der Waals surface area contributed by atoms with Gasteiger partial charge >= 0.3 is 19.8 Å². The highest BCUT2D eigenvalue weighted by atomic mass is 31.2. The molecule has 3 N–H and O–H groups in total. The molecule has 54 heavy (non-hydrogen) atoms. The van der Waals surface area contributed by atoms with E-state index in [0.29, 0.717) is 19.3 Å². The quantitative estimate of drug-likeness (QED) is 0.0180. The van der Waals surface area contributed by atoms with Crippen LogP contribution in [0.5, 0.6) is 0 Å². The van der Waals surface area contributed by atoms with Gasteiger partial charge in [0.1, 0.15) is 12.7 Å². The Balaban J connectivity index is 2.31. The Labute approximate surface area is 326 Å². The minimum Gasteiger partial charge on any atom is -0.462 e. The molecular formula is C42H75O11P. The van der Waals surface area contributed by atoms with Gasteiger partial charge in [0.2, 0.25) is 0 Å².